The van der Waals surface area contributed by atoms with Gasteiger partial charge < -0.3 is 20.1 Å². The van der Waals surface area contributed by atoms with Crippen molar-refractivity contribution in [3.8, 4) is 5.75 Å². The fourth-order valence-electron chi connectivity index (χ4n) is 1.63. The number of guanidine groups is 1. The Balaban J connectivity index is 0.00000484. The summed E-state index contributed by atoms with van der Waals surface area (Å²) in [5.74, 6) is 1.56. The average molecular weight is 500 g/mol. The summed E-state index contributed by atoms with van der Waals surface area (Å²) in [5, 5.41) is 6.49. The van der Waals surface area contributed by atoms with Crippen LogP contribution < -0.4 is 15.4 Å². The number of aliphatic imine (C=N–C) groups is 1. The van der Waals surface area contributed by atoms with Gasteiger partial charge in [0.1, 0.15) is 11.9 Å². The Hall–Kier alpha value is -0.540. The van der Waals surface area contributed by atoms with Crippen LogP contribution in [0.1, 0.15) is 20.8 Å². The molecule has 0 amide bonds. The van der Waals surface area contributed by atoms with E-state index in [4.69, 9.17) is 9.47 Å². The lowest BCUT2D eigenvalue weighted by molar-refractivity contribution is 0.0268. The number of methoxy groups -OCH3 is 1. The second-order valence-electron chi connectivity index (χ2n) is 5.63. The molecule has 0 saturated carbocycles. The van der Waals surface area contributed by atoms with Gasteiger partial charge in [-0.3, -0.25) is 4.99 Å². The van der Waals surface area contributed by atoms with Gasteiger partial charge >= 0.3 is 0 Å². The second kappa shape index (κ2) is 11.1. The Morgan fingerprint density at radius 3 is 2.52 bits per heavy atom. The van der Waals surface area contributed by atoms with Gasteiger partial charge in [-0.2, -0.15) is 0 Å². The summed E-state index contributed by atoms with van der Waals surface area (Å²) >= 11 is 3.48. The van der Waals surface area contributed by atoms with Gasteiger partial charge in [0.2, 0.25) is 0 Å². The van der Waals surface area contributed by atoms with Gasteiger partial charge in [-0.25, -0.2) is 0 Å². The molecule has 1 rings (SSSR count). The molecule has 23 heavy (non-hydrogen) atoms. The van der Waals surface area contributed by atoms with Crippen molar-refractivity contribution in [2.24, 2.45) is 4.99 Å². The van der Waals surface area contributed by atoms with E-state index in [2.05, 4.69) is 31.6 Å². The Bertz CT molecular complexity index is 498. The summed E-state index contributed by atoms with van der Waals surface area (Å²) in [7, 11) is 3.44. The number of nitrogens with zero attached hydrogens (tertiary/aromatic N) is 1. The minimum Gasteiger partial charge on any atom is -0.488 e. The Labute approximate surface area is 164 Å². The Morgan fingerprint density at radius 2 is 1.96 bits per heavy atom. The van der Waals surface area contributed by atoms with Crippen LogP contribution in [0.25, 0.3) is 0 Å². The fraction of sp³-hybridized carbons (Fsp3) is 0.562. The first-order valence-corrected chi connectivity index (χ1v) is 8.08. The molecule has 0 aliphatic carbocycles. The molecule has 1 unspecified atom stereocenters. The number of nitrogens with one attached hydrogen (secondary N) is 2. The first kappa shape index (κ1) is 22.5. The minimum atomic E-state index is -0.241. The smallest absolute Gasteiger partial charge is 0.191 e. The summed E-state index contributed by atoms with van der Waals surface area (Å²) in [4.78, 5) is 4.20. The minimum absolute atomic E-state index is 0. The highest BCUT2D eigenvalue weighted by molar-refractivity contribution is 14.0. The lowest BCUT2D eigenvalue weighted by Gasteiger charge is -2.25. The number of rotatable bonds is 7. The van der Waals surface area contributed by atoms with E-state index in [1.54, 1.807) is 14.2 Å². The molecule has 0 aromatic heterocycles. The van der Waals surface area contributed by atoms with Crippen molar-refractivity contribution in [1.82, 2.24) is 10.6 Å². The molecule has 0 fully saturated rings. The van der Waals surface area contributed by atoms with Gasteiger partial charge in [-0.1, -0.05) is 12.1 Å². The summed E-state index contributed by atoms with van der Waals surface area (Å²) < 4.78 is 12.2. The second-order valence-corrected chi connectivity index (χ2v) is 6.48. The number of hydrogen-bond acceptors (Lipinski definition) is 3. The maximum Gasteiger partial charge on any atom is 0.191 e. The maximum absolute atomic E-state index is 5.89. The largest absolute Gasteiger partial charge is 0.488 e. The van der Waals surface area contributed by atoms with E-state index in [9.17, 15) is 0 Å². The third-order valence-electron chi connectivity index (χ3n) is 3.18. The summed E-state index contributed by atoms with van der Waals surface area (Å²) in [5.41, 5.74) is -0.241. The van der Waals surface area contributed by atoms with Crippen LogP contribution in [0.4, 0.5) is 0 Å². The van der Waals surface area contributed by atoms with Gasteiger partial charge in [0, 0.05) is 20.7 Å². The molecule has 0 bridgehead atoms. The SMILES string of the molecule is CN=C(NCC(C)Oc1ccccc1Br)NCC(C)(C)OC.I. The highest BCUT2D eigenvalue weighted by Gasteiger charge is 2.16. The Kier molecular flexibility index (Phi) is 10.8. The zero-order chi connectivity index (χ0) is 16.6. The van der Waals surface area contributed by atoms with Crippen molar-refractivity contribution in [2.75, 3.05) is 27.2 Å². The molecule has 0 spiro atoms. The first-order valence-electron chi connectivity index (χ1n) is 7.29. The van der Waals surface area contributed by atoms with Gasteiger partial charge in [0.15, 0.2) is 5.96 Å². The molecule has 0 heterocycles. The van der Waals surface area contributed by atoms with Crippen LogP contribution in [-0.4, -0.2) is 44.9 Å². The van der Waals surface area contributed by atoms with E-state index < -0.39 is 0 Å². The normalized spacial score (nSPS) is 13.0. The van der Waals surface area contributed by atoms with E-state index >= 15 is 0 Å². The third-order valence-corrected chi connectivity index (χ3v) is 3.83. The summed E-state index contributed by atoms with van der Waals surface area (Å²) in [6, 6.07) is 7.81. The standard InChI is InChI=1S/C16H26BrN3O2.HI/c1-12(22-14-9-7-6-8-13(14)17)10-19-15(18-4)20-11-16(2,3)21-5;/h6-9,12H,10-11H2,1-5H3,(H2,18,19,20);1H. The van der Waals surface area contributed by atoms with Crippen molar-refractivity contribution in [3.63, 3.8) is 0 Å². The molecule has 1 atom stereocenters. The molecule has 0 aliphatic rings. The number of para-hydroxylation sites is 1. The van der Waals surface area contributed by atoms with E-state index in [-0.39, 0.29) is 35.7 Å². The van der Waals surface area contributed by atoms with Crippen molar-refractivity contribution in [3.05, 3.63) is 28.7 Å². The van der Waals surface area contributed by atoms with Crippen LogP contribution in [0.2, 0.25) is 0 Å². The van der Waals surface area contributed by atoms with Crippen molar-refractivity contribution in [1.29, 1.82) is 0 Å². The first-order chi connectivity index (χ1) is 10.4. The molecule has 7 heteroatoms. The topological polar surface area (TPSA) is 54.9 Å². The molecule has 5 nitrogen and oxygen atoms in total. The van der Waals surface area contributed by atoms with Crippen LogP contribution in [-0.2, 0) is 4.74 Å². The van der Waals surface area contributed by atoms with Gasteiger partial charge in [-0.05, 0) is 48.8 Å². The predicted molar refractivity (Wildman–Crippen MR) is 110 cm³/mol. The van der Waals surface area contributed by atoms with Crippen molar-refractivity contribution < 1.29 is 9.47 Å². The number of halogens is 2. The van der Waals surface area contributed by atoms with E-state index in [1.165, 1.54) is 0 Å². The van der Waals surface area contributed by atoms with Crippen LogP contribution in [0.5, 0.6) is 5.75 Å². The molecular weight excluding hydrogens is 473 g/mol. The molecule has 2 N–H and O–H groups in total. The Morgan fingerprint density at radius 1 is 1.30 bits per heavy atom. The average Bonchev–Trinajstić information content (AvgIpc) is 2.50. The molecule has 1 aromatic rings. The number of hydrogen-bond donors (Lipinski definition) is 2. The van der Waals surface area contributed by atoms with E-state index in [0.717, 1.165) is 16.2 Å². The highest BCUT2D eigenvalue weighted by atomic mass is 127. The van der Waals surface area contributed by atoms with Gasteiger partial charge in [0.25, 0.3) is 0 Å². The van der Waals surface area contributed by atoms with Gasteiger partial charge in [-0.15, -0.1) is 24.0 Å². The van der Waals surface area contributed by atoms with Crippen LogP contribution in [0, 0.1) is 0 Å². The molecule has 0 radical (unpaired) electrons. The van der Waals surface area contributed by atoms with Crippen LogP contribution >= 0.6 is 39.9 Å². The fourth-order valence-corrected chi connectivity index (χ4v) is 2.01. The quantitative estimate of drug-likeness (QED) is 0.343. The molecule has 0 saturated heterocycles. The van der Waals surface area contributed by atoms with Crippen LogP contribution in [0.15, 0.2) is 33.7 Å². The predicted octanol–water partition coefficient (Wildman–Crippen LogP) is 3.42. The lowest BCUT2D eigenvalue weighted by Crippen LogP contribution is -2.47. The monoisotopic (exact) mass is 499 g/mol. The number of ether oxygens (including phenoxy) is 2. The summed E-state index contributed by atoms with van der Waals surface area (Å²) in [6.45, 7) is 7.37. The zero-order valence-corrected chi connectivity index (χ0v) is 18.3. The molecule has 0 aliphatic heterocycles. The van der Waals surface area contributed by atoms with Crippen molar-refractivity contribution >= 4 is 45.9 Å². The zero-order valence-electron chi connectivity index (χ0n) is 14.4. The van der Waals surface area contributed by atoms with E-state index in [0.29, 0.717) is 13.1 Å². The maximum atomic E-state index is 5.89. The molecule has 132 valence electrons. The lowest BCUT2D eigenvalue weighted by atomic mass is 10.1. The number of benzene rings is 1. The molecule has 1 aromatic carbocycles. The van der Waals surface area contributed by atoms with Crippen molar-refractivity contribution in [2.45, 2.75) is 32.5 Å². The van der Waals surface area contributed by atoms with Crippen LogP contribution in [0.3, 0.4) is 0 Å². The third kappa shape index (κ3) is 8.76. The molecular formula is C16H27BrIN3O2. The summed E-state index contributed by atoms with van der Waals surface area (Å²) in [6.07, 6.45) is 0.00712. The van der Waals surface area contributed by atoms with Gasteiger partial charge in [0.05, 0.1) is 16.6 Å². The highest BCUT2D eigenvalue weighted by Crippen LogP contribution is 2.24. The van der Waals surface area contributed by atoms with E-state index in [1.807, 2.05) is 45.0 Å².